The number of halogens is 3. The lowest BCUT2D eigenvalue weighted by molar-refractivity contribution is -0.155. The van der Waals surface area contributed by atoms with Crippen LogP contribution in [0.4, 0.5) is 18.0 Å². The Morgan fingerprint density at radius 3 is 2.33 bits per heavy atom. The van der Waals surface area contributed by atoms with Crippen molar-refractivity contribution in [2.75, 3.05) is 13.2 Å². The Bertz CT molecular complexity index is 1270. The Balaban J connectivity index is 2.36. The van der Waals surface area contributed by atoms with Crippen molar-refractivity contribution < 1.29 is 49.6 Å². The maximum atomic E-state index is 13.0. The molecule has 0 aliphatic heterocycles. The number of rotatable bonds is 12. The van der Waals surface area contributed by atoms with Gasteiger partial charge in [-0.15, -0.1) is 11.3 Å². The molecule has 224 valence electrons. The highest BCUT2D eigenvalue weighted by Crippen LogP contribution is 2.32. The Labute approximate surface area is 236 Å². The van der Waals surface area contributed by atoms with E-state index in [-0.39, 0.29) is 31.2 Å². The third-order valence-corrected chi connectivity index (χ3v) is 7.37. The smallest absolute Gasteiger partial charge is 0.464 e. The normalized spacial score (nSPS) is 13.8. The Morgan fingerprint density at radius 2 is 1.77 bits per heavy atom. The minimum absolute atomic E-state index is 0.0156. The molecule has 1 N–H and O–H groups in total. The van der Waals surface area contributed by atoms with Crippen molar-refractivity contribution in [2.24, 2.45) is 0 Å². The molecule has 0 fully saturated rings. The maximum Gasteiger partial charge on any atom is 0.534 e. The summed E-state index contributed by atoms with van der Waals surface area (Å²) >= 11 is 1.52. The van der Waals surface area contributed by atoms with E-state index >= 15 is 0 Å². The van der Waals surface area contributed by atoms with Crippen molar-refractivity contribution in [3.8, 4) is 5.75 Å². The first kappa shape index (κ1) is 33.4. The summed E-state index contributed by atoms with van der Waals surface area (Å²) in [5.41, 5.74) is -5.90. The topological polar surface area (TPSA) is 117 Å². The standard InChI is InChI=1S/C26H34F3NO8S2/c1-7-35-23(31)17(3)36-15-20(22-11-8-16(2)39-22)13-18-9-10-21(38-40(33,34)26(27,28)29)19(12-18)14-30-24(32)37-25(4,5)6/h8-12,17,20H,7,13-15H2,1-6H3,(H,30,32). The van der Waals surface area contributed by atoms with Gasteiger partial charge < -0.3 is 23.7 Å². The number of carbonyl (C=O) groups excluding carboxylic acids is 2. The summed E-state index contributed by atoms with van der Waals surface area (Å²) in [6.07, 6.45) is -1.35. The van der Waals surface area contributed by atoms with E-state index in [0.29, 0.717) is 12.0 Å². The molecule has 2 unspecified atom stereocenters. The van der Waals surface area contributed by atoms with Gasteiger partial charge in [-0.1, -0.05) is 12.1 Å². The second-order valence-electron chi connectivity index (χ2n) is 9.86. The molecule has 1 aromatic heterocycles. The molecule has 0 bridgehead atoms. The van der Waals surface area contributed by atoms with Gasteiger partial charge in [0.1, 0.15) is 11.4 Å². The van der Waals surface area contributed by atoms with Crippen molar-refractivity contribution >= 4 is 33.5 Å². The molecule has 2 atom stereocenters. The fourth-order valence-electron chi connectivity index (χ4n) is 3.41. The van der Waals surface area contributed by atoms with Gasteiger partial charge in [0.2, 0.25) is 0 Å². The number of esters is 1. The van der Waals surface area contributed by atoms with Crippen molar-refractivity contribution in [3.63, 3.8) is 0 Å². The number of carbonyl (C=O) groups is 2. The van der Waals surface area contributed by atoms with Gasteiger partial charge in [-0.2, -0.15) is 21.6 Å². The molecule has 0 aliphatic carbocycles. The van der Waals surface area contributed by atoms with Gasteiger partial charge in [0.15, 0.2) is 6.10 Å². The predicted molar refractivity (Wildman–Crippen MR) is 143 cm³/mol. The number of alkyl halides is 3. The zero-order chi connectivity index (χ0) is 30.3. The Morgan fingerprint density at radius 1 is 1.10 bits per heavy atom. The second kappa shape index (κ2) is 13.7. The molecule has 0 aliphatic rings. The number of thiophene rings is 1. The molecular weight excluding hydrogens is 575 g/mol. The summed E-state index contributed by atoms with van der Waals surface area (Å²) in [5, 5.41) is 2.41. The van der Waals surface area contributed by atoms with E-state index in [9.17, 15) is 31.2 Å². The van der Waals surface area contributed by atoms with Crippen LogP contribution in [0.2, 0.25) is 0 Å². The number of hydrogen-bond donors (Lipinski definition) is 1. The van der Waals surface area contributed by atoms with Gasteiger partial charge in [-0.05, 0) is 71.7 Å². The summed E-state index contributed by atoms with van der Waals surface area (Å²) < 4.78 is 82.7. The third-order valence-electron chi connectivity index (χ3n) is 5.24. The average molecular weight is 610 g/mol. The largest absolute Gasteiger partial charge is 0.534 e. The zero-order valence-corrected chi connectivity index (χ0v) is 24.7. The van der Waals surface area contributed by atoms with Crippen molar-refractivity contribution in [1.82, 2.24) is 5.32 Å². The molecule has 40 heavy (non-hydrogen) atoms. The van der Waals surface area contributed by atoms with Crippen LogP contribution in [0.1, 0.15) is 61.4 Å². The summed E-state index contributed by atoms with van der Waals surface area (Å²) in [4.78, 5) is 26.2. The van der Waals surface area contributed by atoms with Gasteiger partial charge >= 0.3 is 27.7 Å². The van der Waals surface area contributed by atoms with Gasteiger partial charge in [-0.25, -0.2) is 9.59 Å². The monoisotopic (exact) mass is 609 g/mol. The molecule has 14 heteroatoms. The van der Waals surface area contributed by atoms with E-state index in [4.69, 9.17) is 14.2 Å². The minimum atomic E-state index is -5.95. The molecule has 9 nitrogen and oxygen atoms in total. The first-order chi connectivity index (χ1) is 18.4. The summed E-state index contributed by atoms with van der Waals surface area (Å²) in [6, 6.07) is 7.82. The highest BCUT2D eigenvalue weighted by atomic mass is 32.2. The number of aryl methyl sites for hydroxylation is 1. The second-order valence-corrected chi connectivity index (χ2v) is 12.7. The fourth-order valence-corrected chi connectivity index (χ4v) is 4.87. The molecule has 0 saturated heterocycles. The molecule has 1 amide bonds. The van der Waals surface area contributed by atoms with Crippen LogP contribution < -0.4 is 9.50 Å². The third kappa shape index (κ3) is 10.3. The molecule has 1 aromatic carbocycles. The highest BCUT2D eigenvalue weighted by molar-refractivity contribution is 7.88. The van der Waals surface area contributed by atoms with Crippen LogP contribution in [0.25, 0.3) is 0 Å². The van der Waals surface area contributed by atoms with E-state index in [2.05, 4.69) is 9.50 Å². The van der Waals surface area contributed by atoms with E-state index < -0.39 is 45.1 Å². The number of nitrogens with one attached hydrogen (secondary N) is 1. The van der Waals surface area contributed by atoms with Crippen LogP contribution >= 0.6 is 11.3 Å². The quantitative estimate of drug-likeness (QED) is 0.188. The molecule has 2 rings (SSSR count). The summed E-state index contributed by atoms with van der Waals surface area (Å²) in [5.74, 6) is -1.35. The summed E-state index contributed by atoms with van der Waals surface area (Å²) in [7, 11) is -5.95. The number of benzene rings is 1. The molecular formula is C26H34F3NO8S2. The highest BCUT2D eigenvalue weighted by Gasteiger charge is 2.48. The van der Waals surface area contributed by atoms with E-state index in [1.807, 2.05) is 19.1 Å². The predicted octanol–water partition coefficient (Wildman–Crippen LogP) is 5.60. The average Bonchev–Trinajstić information content (AvgIpc) is 3.25. The van der Waals surface area contributed by atoms with Gasteiger partial charge in [0.05, 0.1) is 13.2 Å². The van der Waals surface area contributed by atoms with Crippen LogP contribution in [0.3, 0.4) is 0 Å². The molecule has 2 aromatic rings. The minimum Gasteiger partial charge on any atom is -0.464 e. The van der Waals surface area contributed by atoms with Crippen molar-refractivity contribution in [2.45, 2.75) is 77.6 Å². The molecule has 0 spiro atoms. The van der Waals surface area contributed by atoms with Crippen LogP contribution in [0, 0.1) is 6.92 Å². The lowest BCUT2D eigenvalue weighted by Crippen LogP contribution is -2.32. The van der Waals surface area contributed by atoms with Crippen LogP contribution in [-0.2, 0) is 42.1 Å². The van der Waals surface area contributed by atoms with Gasteiger partial charge in [0.25, 0.3) is 0 Å². The fraction of sp³-hybridized carbons (Fsp3) is 0.538. The number of amides is 1. The summed E-state index contributed by atoms with van der Waals surface area (Å²) in [6.45, 7) is 10.1. The van der Waals surface area contributed by atoms with Crippen molar-refractivity contribution in [3.05, 3.63) is 51.2 Å². The van der Waals surface area contributed by atoms with Crippen LogP contribution in [-0.4, -0.2) is 50.9 Å². The van der Waals surface area contributed by atoms with Crippen LogP contribution in [0.15, 0.2) is 30.3 Å². The molecule has 0 radical (unpaired) electrons. The van der Waals surface area contributed by atoms with E-state index in [1.54, 1.807) is 34.6 Å². The number of ether oxygens (including phenoxy) is 3. The number of alkyl carbamates (subject to hydrolysis) is 1. The first-order valence-electron chi connectivity index (χ1n) is 12.4. The van der Waals surface area contributed by atoms with E-state index in [1.165, 1.54) is 23.5 Å². The molecule has 1 heterocycles. The Kier molecular flexibility index (Phi) is 11.4. The lowest BCUT2D eigenvalue weighted by atomic mass is 9.96. The van der Waals surface area contributed by atoms with Gasteiger partial charge in [-0.3, -0.25) is 0 Å². The van der Waals surface area contributed by atoms with Crippen LogP contribution in [0.5, 0.6) is 5.75 Å². The molecule has 0 saturated carbocycles. The lowest BCUT2D eigenvalue weighted by Gasteiger charge is -2.21. The van der Waals surface area contributed by atoms with E-state index in [0.717, 1.165) is 15.8 Å². The first-order valence-corrected chi connectivity index (χ1v) is 14.6. The number of hydrogen-bond acceptors (Lipinski definition) is 9. The maximum absolute atomic E-state index is 13.0. The van der Waals surface area contributed by atoms with Gasteiger partial charge in [0, 0.05) is 27.8 Å². The SMILES string of the molecule is CCOC(=O)C(C)OCC(Cc1ccc(OS(=O)(=O)C(F)(F)F)c(CNC(=O)OC(C)(C)C)c1)c1ccc(C)s1. The Hall–Kier alpha value is -2.84. The van der Waals surface area contributed by atoms with Crippen molar-refractivity contribution in [1.29, 1.82) is 0 Å². The zero-order valence-electron chi connectivity index (χ0n) is 23.1.